The van der Waals surface area contributed by atoms with Crippen molar-refractivity contribution in [3.63, 3.8) is 0 Å². The Bertz CT molecular complexity index is 799. The van der Waals surface area contributed by atoms with Crippen molar-refractivity contribution in [1.82, 2.24) is 5.32 Å². The fourth-order valence-corrected chi connectivity index (χ4v) is 2.67. The molecule has 3 rings (SSSR count). The van der Waals surface area contributed by atoms with Gasteiger partial charge in [0.05, 0.1) is 6.04 Å². The maximum atomic E-state index is 12.4. The van der Waals surface area contributed by atoms with E-state index in [9.17, 15) is 4.79 Å². The van der Waals surface area contributed by atoms with Gasteiger partial charge in [-0.25, -0.2) is 0 Å². The first kappa shape index (κ1) is 14.4. The van der Waals surface area contributed by atoms with E-state index in [1.807, 2.05) is 31.2 Å². The van der Waals surface area contributed by atoms with Gasteiger partial charge in [-0.3, -0.25) is 4.79 Å². The van der Waals surface area contributed by atoms with E-state index < -0.39 is 0 Å². The summed E-state index contributed by atoms with van der Waals surface area (Å²) in [4.78, 5) is 12.4. The van der Waals surface area contributed by atoms with Gasteiger partial charge in [0.2, 0.25) is 0 Å². The van der Waals surface area contributed by atoms with Crippen LogP contribution >= 0.6 is 0 Å². The Morgan fingerprint density at radius 3 is 2.64 bits per heavy atom. The molecule has 22 heavy (non-hydrogen) atoms. The lowest BCUT2D eigenvalue weighted by Gasteiger charge is -2.16. The summed E-state index contributed by atoms with van der Waals surface area (Å²) in [5.41, 5.74) is 4.21. The number of benzene rings is 2. The van der Waals surface area contributed by atoms with E-state index >= 15 is 0 Å². The molecule has 2 aromatic carbocycles. The predicted octanol–water partition coefficient (Wildman–Crippen LogP) is 4.54. The summed E-state index contributed by atoms with van der Waals surface area (Å²) in [6.07, 6.45) is 0. The SMILES string of the molecule is Cc1ccc(C)c(C(C)NC(=O)c2cc3ccccc3o2)c1. The topological polar surface area (TPSA) is 42.2 Å². The van der Waals surface area contributed by atoms with Crippen LogP contribution in [0.2, 0.25) is 0 Å². The van der Waals surface area contributed by atoms with Crippen LogP contribution in [-0.2, 0) is 0 Å². The Balaban J connectivity index is 1.82. The molecule has 0 saturated carbocycles. The predicted molar refractivity (Wildman–Crippen MR) is 88.0 cm³/mol. The van der Waals surface area contributed by atoms with E-state index in [4.69, 9.17) is 4.42 Å². The number of carbonyl (C=O) groups excluding carboxylic acids is 1. The Labute approximate surface area is 130 Å². The summed E-state index contributed by atoms with van der Waals surface area (Å²) in [6.45, 7) is 6.09. The van der Waals surface area contributed by atoms with Crippen LogP contribution in [-0.4, -0.2) is 5.91 Å². The molecule has 1 heterocycles. The van der Waals surface area contributed by atoms with Crippen molar-refractivity contribution >= 4 is 16.9 Å². The molecule has 1 unspecified atom stereocenters. The molecular weight excluding hydrogens is 274 g/mol. The van der Waals surface area contributed by atoms with Crippen molar-refractivity contribution in [3.05, 3.63) is 71.0 Å². The van der Waals surface area contributed by atoms with Gasteiger partial charge in [0, 0.05) is 5.39 Å². The molecule has 3 aromatic rings. The number of para-hydroxylation sites is 1. The number of fused-ring (bicyclic) bond motifs is 1. The summed E-state index contributed by atoms with van der Waals surface area (Å²) < 4.78 is 5.61. The standard InChI is InChI=1S/C19H19NO2/c1-12-8-9-13(2)16(10-12)14(3)20-19(21)18-11-15-6-4-5-7-17(15)22-18/h4-11,14H,1-3H3,(H,20,21). The Kier molecular flexibility index (Phi) is 3.72. The minimum absolute atomic E-state index is 0.0689. The third-order valence-corrected chi connectivity index (χ3v) is 3.90. The van der Waals surface area contributed by atoms with Gasteiger partial charge < -0.3 is 9.73 Å². The van der Waals surface area contributed by atoms with Crippen molar-refractivity contribution in [2.45, 2.75) is 26.8 Å². The number of rotatable bonds is 3. The van der Waals surface area contributed by atoms with E-state index in [1.165, 1.54) is 11.1 Å². The number of hydrogen-bond acceptors (Lipinski definition) is 2. The highest BCUT2D eigenvalue weighted by Crippen LogP contribution is 2.22. The molecule has 0 saturated heterocycles. The zero-order valence-electron chi connectivity index (χ0n) is 13.0. The van der Waals surface area contributed by atoms with Crippen LogP contribution in [0.1, 0.15) is 40.2 Å². The zero-order chi connectivity index (χ0) is 15.7. The molecule has 1 amide bonds. The molecule has 0 fully saturated rings. The highest BCUT2D eigenvalue weighted by molar-refractivity contribution is 5.96. The number of nitrogens with one attached hydrogen (secondary N) is 1. The second-order valence-corrected chi connectivity index (χ2v) is 5.70. The minimum Gasteiger partial charge on any atom is -0.451 e. The van der Waals surface area contributed by atoms with E-state index in [0.29, 0.717) is 5.76 Å². The Morgan fingerprint density at radius 1 is 1.09 bits per heavy atom. The van der Waals surface area contributed by atoms with Gasteiger partial charge in [-0.1, -0.05) is 42.0 Å². The third-order valence-electron chi connectivity index (χ3n) is 3.90. The third kappa shape index (κ3) is 2.75. The van der Waals surface area contributed by atoms with Crippen molar-refractivity contribution in [3.8, 4) is 0 Å². The number of amides is 1. The van der Waals surface area contributed by atoms with Crippen LogP contribution in [0.25, 0.3) is 11.0 Å². The van der Waals surface area contributed by atoms with Crippen molar-refractivity contribution in [2.75, 3.05) is 0 Å². The largest absolute Gasteiger partial charge is 0.451 e. The molecule has 1 atom stereocenters. The monoisotopic (exact) mass is 293 g/mol. The van der Waals surface area contributed by atoms with Gasteiger partial charge in [-0.05, 0) is 44.0 Å². The lowest BCUT2D eigenvalue weighted by molar-refractivity contribution is 0.0914. The van der Waals surface area contributed by atoms with Crippen molar-refractivity contribution in [2.24, 2.45) is 0 Å². The molecule has 3 heteroatoms. The normalized spacial score (nSPS) is 12.3. The zero-order valence-corrected chi connectivity index (χ0v) is 13.0. The molecule has 0 aliphatic rings. The van der Waals surface area contributed by atoms with Crippen molar-refractivity contribution < 1.29 is 9.21 Å². The van der Waals surface area contributed by atoms with Gasteiger partial charge in [-0.2, -0.15) is 0 Å². The van der Waals surface area contributed by atoms with Gasteiger partial charge in [-0.15, -0.1) is 0 Å². The summed E-state index contributed by atoms with van der Waals surface area (Å²) in [5, 5.41) is 3.95. The van der Waals surface area contributed by atoms with Crippen LogP contribution in [0.3, 0.4) is 0 Å². The van der Waals surface area contributed by atoms with Crippen LogP contribution in [0.15, 0.2) is 52.9 Å². The molecule has 1 aromatic heterocycles. The molecule has 0 spiro atoms. The molecule has 0 bridgehead atoms. The number of carbonyl (C=O) groups is 1. The van der Waals surface area contributed by atoms with Crippen LogP contribution in [0, 0.1) is 13.8 Å². The highest BCUT2D eigenvalue weighted by Gasteiger charge is 2.16. The molecule has 1 N–H and O–H groups in total. The average molecular weight is 293 g/mol. The maximum absolute atomic E-state index is 12.4. The average Bonchev–Trinajstić information content (AvgIpc) is 2.93. The number of hydrogen-bond donors (Lipinski definition) is 1. The second-order valence-electron chi connectivity index (χ2n) is 5.70. The van der Waals surface area contributed by atoms with Gasteiger partial charge in [0.15, 0.2) is 5.76 Å². The van der Waals surface area contributed by atoms with Crippen molar-refractivity contribution in [1.29, 1.82) is 0 Å². The van der Waals surface area contributed by atoms with Gasteiger partial charge in [0.25, 0.3) is 5.91 Å². The summed E-state index contributed by atoms with van der Waals surface area (Å²) in [6, 6.07) is 15.6. The lowest BCUT2D eigenvalue weighted by atomic mass is 10.00. The van der Waals surface area contributed by atoms with Gasteiger partial charge in [0.1, 0.15) is 5.58 Å². The lowest BCUT2D eigenvalue weighted by Crippen LogP contribution is -2.26. The number of furan rings is 1. The molecular formula is C19H19NO2. The van der Waals surface area contributed by atoms with E-state index in [2.05, 4.69) is 37.4 Å². The first-order chi connectivity index (χ1) is 10.5. The molecule has 0 aliphatic heterocycles. The molecule has 0 radical (unpaired) electrons. The quantitative estimate of drug-likeness (QED) is 0.770. The van der Waals surface area contributed by atoms with Gasteiger partial charge >= 0.3 is 0 Å². The Morgan fingerprint density at radius 2 is 1.86 bits per heavy atom. The minimum atomic E-state index is -0.190. The summed E-state index contributed by atoms with van der Waals surface area (Å²) >= 11 is 0. The van der Waals surface area contributed by atoms with E-state index in [-0.39, 0.29) is 11.9 Å². The fraction of sp³-hybridized carbons (Fsp3) is 0.211. The van der Waals surface area contributed by atoms with Crippen LogP contribution in [0.4, 0.5) is 0 Å². The van der Waals surface area contributed by atoms with E-state index in [0.717, 1.165) is 16.5 Å². The first-order valence-electron chi connectivity index (χ1n) is 7.41. The van der Waals surface area contributed by atoms with Crippen LogP contribution in [0.5, 0.6) is 0 Å². The maximum Gasteiger partial charge on any atom is 0.287 e. The Hall–Kier alpha value is -2.55. The second kappa shape index (κ2) is 5.68. The first-order valence-corrected chi connectivity index (χ1v) is 7.41. The van der Waals surface area contributed by atoms with Crippen LogP contribution < -0.4 is 5.32 Å². The highest BCUT2D eigenvalue weighted by atomic mass is 16.3. The summed E-state index contributed by atoms with van der Waals surface area (Å²) in [7, 11) is 0. The molecule has 112 valence electrons. The molecule has 3 nitrogen and oxygen atoms in total. The van der Waals surface area contributed by atoms with E-state index in [1.54, 1.807) is 6.07 Å². The molecule has 0 aliphatic carbocycles. The summed E-state index contributed by atoms with van der Waals surface area (Å²) in [5.74, 6) is 0.156. The smallest absolute Gasteiger partial charge is 0.287 e. The fourth-order valence-electron chi connectivity index (χ4n) is 2.67. The number of aryl methyl sites for hydroxylation is 2.